The highest BCUT2D eigenvalue weighted by Crippen LogP contribution is 2.29. The molecule has 1 saturated carbocycles. The van der Waals surface area contributed by atoms with E-state index < -0.39 is 0 Å². The van der Waals surface area contributed by atoms with E-state index in [1.54, 1.807) is 0 Å². The van der Waals surface area contributed by atoms with E-state index in [1.807, 2.05) is 0 Å². The molecule has 19 heavy (non-hydrogen) atoms. The molecule has 0 aromatic heterocycles. The fraction of sp³-hybridized carbons (Fsp3) is 0.667. The van der Waals surface area contributed by atoms with Gasteiger partial charge in [-0.3, -0.25) is 0 Å². The third-order valence-electron chi connectivity index (χ3n) is 4.74. The first-order valence-electron chi connectivity index (χ1n) is 8.00. The molecule has 0 saturated heterocycles. The Morgan fingerprint density at radius 2 is 1.58 bits per heavy atom. The largest absolute Gasteiger partial charge is 0.310 e. The van der Waals surface area contributed by atoms with Crippen molar-refractivity contribution in [3.8, 4) is 0 Å². The lowest BCUT2D eigenvalue weighted by Crippen LogP contribution is -2.33. The SMILES string of the molecule is CCc1ccc(CNC2CCC(C(C)C)CC2)cc1. The molecule has 0 unspecified atom stereocenters. The molecule has 1 aromatic rings. The van der Waals surface area contributed by atoms with Gasteiger partial charge in [0, 0.05) is 12.6 Å². The van der Waals surface area contributed by atoms with Gasteiger partial charge in [0.2, 0.25) is 0 Å². The van der Waals surface area contributed by atoms with Crippen LogP contribution in [0.3, 0.4) is 0 Å². The Labute approximate surface area is 118 Å². The first-order chi connectivity index (χ1) is 9.19. The molecule has 1 aromatic carbocycles. The van der Waals surface area contributed by atoms with Crippen molar-refractivity contribution in [2.45, 2.75) is 65.5 Å². The maximum absolute atomic E-state index is 3.73. The third-order valence-corrected chi connectivity index (χ3v) is 4.74. The standard InChI is InChI=1S/C18H29N/c1-4-15-5-7-16(8-6-15)13-19-18-11-9-17(10-12-18)14(2)3/h5-8,14,17-19H,4,9-13H2,1-3H3. The fourth-order valence-electron chi connectivity index (χ4n) is 3.14. The van der Waals surface area contributed by atoms with E-state index in [4.69, 9.17) is 0 Å². The second-order valence-corrected chi connectivity index (χ2v) is 6.41. The smallest absolute Gasteiger partial charge is 0.0208 e. The molecular formula is C18H29N. The highest BCUT2D eigenvalue weighted by Gasteiger charge is 2.22. The first kappa shape index (κ1) is 14.6. The van der Waals surface area contributed by atoms with Crippen LogP contribution in [0.25, 0.3) is 0 Å². The molecule has 1 fully saturated rings. The van der Waals surface area contributed by atoms with Gasteiger partial charge in [-0.05, 0) is 55.1 Å². The Morgan fingerprint density at radius 3 is 2.11 bits per heavy atom. The molecule has 1 N–H and O–H groups in total. The zero-order valence-corrected chi connectivity index (χ0v) is 12.8. The number of nitrogens with one attached hydrogen (secondary N) is 1. The van der Waals surface area contributed by atoms with Crippen LogP contribution >= 0.6 is 0 Å². The van der Waals surface area contributed by atoms with Gasteiger partial charge in [-0.1, -0.05) is 45.0 Å². The minimum absolute atomic E-state index is 0.737. The summed E-state index contributed by atoms with van der Waals surface area (Å²) in [7, 11) is 0. The summed E-state index contributed by atoms with van der Waals surface area (Å²) in [6.07, 6.45) is 6.66. The average molecular weight is 259 g/mol. The number of benzene rings is 1. The maximum atomic E-state index is 3.73. The normalized spacial score (nSPS) is 23.8. The van der Waals surface area contributed by atoms with Crippen LogP contribution in [0.5, 0.6) is 0 Å². The summed E-state index contributed by atoms with van der Waals surface area (Å²) in [4.78, 5) is 0. The van der Waals surface area contributed by atoms with Gasteiger partial charge >= 0.3 is 0 Å². The van der Waals surface area contributed by atoms with Gasteiger partial charge in [-0.25, -0.2) is 0 Å². The second kappa shape index (κ2) is 7.09. The van der Waals surface area contributed by atoms with Gasteiger partial charge < -0.3 is 5.32 Å². The minimum atomic E-state index is 0.737. The van der Waals surface area contributed by atoms with E-state index in [0.717, 1.165) is 30.8 Å². The van der Waals surface area contributed by atoms with Gasteiger partial charge in [-0.15, -0.1) is 0 Å². The topological polar surface area (TPSA) is 12.0 Å². The minimum Gasteiger partial charge on any atom is -0.310 e. The van der Waals surface area contributed by atoms with Crippen LogP contribution in [-0.2, 0) is 13.0 Å². The first-order valence-corrected chi connectivity index (χ1v) is 8.00. The molecule has 0 aliphatic heterocycles. The lowest BCUT2D eigenvalue weighted by atomic mass is 9.80. The van der Waals surface area contributed by atoms with Crippen molar-refractivity contribution >= 4 is 0 Å². The predicted molar refractivity (Wildman–Crippen MR) is 83.2 cm³/mol. The second-order valence-electron chi connectivity index (χ2n) is 6.41. The summed E-state index contributed by atoms with van der Waals surface area (Å²) in [5.41, 5.74) is 2.85. The van der Waals surface area contributed by atoms with Crippen LogP contribution in [-0.4, -0.2) is 6.04 Å². The lowest BCUT2D eigenvalue weighted by Gasteiger charge is -2.31. The molecule has 0 amide bonds. The molecule has 0 spiro atoms. The van der Waals surface area contributed by atoms with Crippen molar-refractivity contribution in [1.29, 1.82) is 0 Å². The van der Waals surface area contributed by atoms with Crippen molar-refractivity contribution in [2.24, 2.45) is 11.8 Å². The van der Waals surface area contributed by atoms with E-state index in [9.17, 15) is 0 Å². The zero-order chi connectivity index (χ0) is 13.7. The summed E-state index contributed by atoms with van der Waals surface area (Å²) in [6.45, 7) is 7.98. The summed E-state index contributed by atoms with van der Waals surface area (Å²) < 4.78 is 0. The average Bonchev–Trinajstić information content (AvgIpc) is 2.46. The van der Waals surface area contributed by atoms with Crippen LogP contribution < -0.4 is 5.32 Å². The van der Waals surface area contributed by atoms with Gasteiger partial charge in [0.05, 0.1) is 0 Å². The highest BCUT2D eigenvalue weighted by atomic mass is 14.9. The molecule has 1 nitrogen and oxygen atoms in total. The summed E-state index contributed by atoms with van der Waals surface area (Å²) >= 11 is 0. The summed E-state index contributed by atoms with van der Waals surface area (Å²) in [6, 6.07) is 9.79. The molecule has 0 atom stereocenters. The van der Waals surface area contributed by atoms with Gasteiger partial charge in [0.1, 0.15) is 0 Å². The Bertz CT molecular complexity index is 358. The monoisotopic (exact) mass is 259 g/mol. The van der Waals surface area contributed by atoms with Crippen molar-refractivity contribution in [3.05, 3.63) is 35.4 Å². The van der Waals surface area contributed by atoms with Gasteiger partial charge in [0.25, 0.3) is 0 Å². The molecule has 0 heterocycles. The molecule has 2 rings (SSSR count). The summed E-state index contributed by atoms with van der Waals surface area (Å²) in [5.74, 6) is 1.82. The molecule has 1 aliphatic rings. The van der Waals surface area contributed by atoms with Crippen LogP contribution in [0.15, 0.2) is 24.3 Å². The molecule has 1 heteroatoms. The number of rotatable bonds is 5. The Kier molecular flexibility index (Phi) is 5.45. The van der Waals surface area contributed by atoms with E-state index in [-0.39, 0.29) is 0 Å². The van der Waals surface area contributed by atoms with E-state index >= 15 is 0 Å². The van der Waals surface area contributed by atoms with Crippen molar-refractivity contribution < 1.29 is 0 Å². The van der Waals surface area contributed by atoms with Crippen molar-refractivity contribution in [1.82, 2.24) is 5.32 Å². The van der Waals surface area contributed by atoms with E-state index in [0.29, 0.717) is 0 Å². The molecule has 0 radical (unpaired) electrons. The van der Waals surface area contributed by atoms with Crippen LogP contribution in [0.4, 0.5) is 0 Å². The third kappa shape index (κ3) is 4.35. The lowest BCUT2D eigenvalue weighted by molar-refractivity contribution is 0.238. The van der Waals surface area contributed by atoms with Crippen molar-refractivity contribution in [3.63, 3.8) is 0 Å². The van der Waals surface area contributed by atoms with Crippen LogP contribution in [0, 0.1) is 11.8 Å². The Hall–Kier alpha value is -0.820. The van der Waals surface area contributed by atoms with Crippen molar-refractivity contribution in [2.75, 3.05) is 0 Å². The van der Waals surface area contributed by atoms with Crippen LogP contribution in [0.1, 0.15) is 57.6 Å². The van der Waals surface area contributed by atoms with Crippen LogP contribution in [0.2, 0.25) is 0 Å². The number of hydrogen-bond acceptors (Lipinski definition) is 1. The molecule has 0 bridgehead atoms. The molecule has 1 aliphatic carbocycles. The maximum Gasteiger partial charge on any atom is 0.0208 e. The van der Waals surface area contributed by atoms with E-state index in [1.165, 1.54) is 36.8 Å². The number of aryl methyl sites for hydroxylation is 1. The molecule has 106 valence electrons. The Balaban J connectivity index is 1.74. The molecular weight excluding hydrogens is 230 g/mol. The highest BCUT2D eigenvalue weighted by molar-refractivity contribution is 5.22. The van der Waals surface area contributed by atoms with Gasteiger partial charge in [0.15, 0.2) is 0 Å². The quantitative estimate of drug-likeness (QED) is 0.817. The Morgan fingerprint density at radius 1 is 1.00 bits per heavy atom. The van der Waals surface area contributed by atoms with E-state index in [2.05, 4.69) is 50.4 Å². The fourth-order valence-corrected chi connectivity index (χ4v) is 3.14. The summed E-state index contributed by atoms with van der Waals surface area (Å²) in [5, 5.41) is 3.73. The zero-order valence-electron chi connectivity index (χ0n) is 12.8. The number of hydrogen-bond donors (Lipinski definition) is 1. The van der Waals surface area contributed by atoms with Gasteiger partial charge in [-0.2, -0.15) is 0 Å². The predicted octanol–water partition coefficient (Wildman–Crippen LogP) is 4.55.